The molecule has 2 rings (SSSR count). The lowest BCUT2D eigenvalue weighted by atomic mass is 10.2. The molecule has 0 saturated carbocycles. The summed E-state index contributed by atoms with van der Waals surface area (Å²) in [7, 11) is 1.45. The van der Waals surface area contributed by atoms with Crippen molar-refractivity contribution >= 4 is 17.9 Å². The lowest BCUT2D eigenvalue weighted by Crippen LogP contribution is -2.24. The summed E-state index contributed by atoms with van der Waals surface area (Å²) >= 11 is 0. The van der Waals surface area contributed by atoms with Gasteiger partial charge in [0.05, 0.1) is 18.2 Å². The van der Waals surface area contributed by atoms with Gasteiger partial charge in [-0.15, -0.1) is 0 Å². The average molecular weight is 331 g/mol. The van der Waals surface area contributed by atoms with Crippen LogP contribution in [0.1, 0.15) is 5.56 Å². The summed E-state index contributed by atoms with van der Waals surface area (Å²) < 4.78 is 10.8. The van der Waals surface area contributed by atoms with E-state index < -0.39 is 11.0 Å². The van der Waals surface area contributed by atoms with Crippen molar-refractivity contribution in [3.05, 3.63) is 52.2 Å². The molecule has 0 unspecified atom stereocenters. The molecular weight excluding hydrogens is 318 g/mol. The van der Waals surface area contributed by atoms with Crippen LogP contribution >= 0.6 is 0 Å². The highest BCUT2D eigenvalue weighted by molar-refractivity contribution is 5.82. The van der Waals surface area contributed by atoms with Gasteiger partial charge in [0.15, 0.2) is 11.5 Å². The van der Waals surface area contributed by atoms with E-state index in [-0.39, 0.29) is 11.6 Å². The number of nitrogens with two attached hydrogens (primary N) is 1. The summed E-state index contributed by atoms with van der Waals surface area (Å²) in [6.07, 6.45) is 2.47. The van der Waals surface area contributed by atoms with Crippen LogP contribution < -0.4 is 20.6 Å². The fraction of sp³-hybridized carbons (Fsp3) is 0.0714. The lowest BCUT2D eigenvalue weighted by molar-refractivity contribution is -0.385. The molecule has 0 atom stereocenters. The van der Waals surface area contributed by atoms with Crippen LogP contribution in [-0.2, 0) is 0 Å². The number of benzene rings is 1. The van der Waals surface area contributed by atoms with Crippen LogP contribution in [0.5, 0.6) is 17.4 Å². The predicted molar refractivity (Wildman–Crippen MR) is 84.3 cm³/mol. The van der Waals surface area contributed by atoms with E-state index in [4.69, 9.17) is 15.2 Å². The summed E-state index contributed by atoms with van der Waals surface area (Å²) in [6.45, 7) is 0. The number of amides is 2. The number of urea groups is 1. The Bertz CT molecular complexity index is 776. The molecule has 0 radical (unpaired) electrons. The fourth-order valence-corrected chi connectivity index (χ4v) is 1.67. The number of hydrogen-bond acceptors (Lipinski definition) is 7. The highest BCUT2D eigenvalue weighted by atomic mass is 16.6. The van der Waals surface area contributed by atoms with Crippen LogP contribution in [0, 0.1) is 10.1 Å². The molecule has 0 aliphatic carbocycles. The summed E-state index contributed by atoms with van der Waals surface area (Å²) in [6, 6.07) is 6.77. The van der Waals surface area contributed by atoms with E-state index in [1.807, 2.05) is 0 Å². The molecule has 0 spiro atoms. The van der Waals surface area contributed by atoms with Crippen molar-refractivity contribution < 1.29 is 19.2 Å². The number of carbonyl (C=O) groups excluding carboxylic acids is 1. The minimum atomic E-state index is -0.776. The van der Waals surface area contributed by atoms with Crippen molar-refractivity contribution in [1.82, 2.24) is 10.4 Å². The van der Waals surface area contributed by atoms with E-state index in [0.717, 1.165) is 6.20 Å². The molecule has 0 aliphatic heterocycles. The first-order valence-electron chi connectivity index (χ1n) is 6.54. The summed E-state index contributed by atoms with van der Waals surface area (Å²) in [4.78, 5) is 24.4. The van der Waals surface area contributed by atoms with Crippen LogP contribution in [0.4, 0.5) is 10.5 Å². The molecule has 0 saturated heterocycles. The zero-order valence-electron chi connectivity index (χ0n) is 12.5. The van der Waals surface area contributed by atoms with E-state index in [9.17, 15) is 14.9 Å². The van der Waals surface area contributed by atoms with E-state index >= 15 is 0 Å². The Morgan fingerprint density at radius 1 is 1.38 bits per heavy atom. The van der Waals surface area contributed by atoms with Gasteiger partial charge in [-0.1, -0.05) is 0 Å². The second-order valence-corrected chi connectivity index (χ2v) is 4.36. The molecule has 0 bridgehead atoms. The van der Waals surface area contributed by atoms with Gasteiger partial charge in [-0.2, -0.15) is 5.10 Å². The van der Waals surface area contributed by atoms with Gasteiger partial charge in [0.2, 0.25) is 5.88 Å². The van der Waals surface area contributed by atoms with E-state index in [0.29, 0.717) is 17.1 Å². The molecule has 2 amide bonds. The number of nitro groups is 1. The second kappa shape index (κ2) is 7.54. The number of rotatable bonds is 6. The third kappa shape index (κ3) is 4.40. The van der Waals surface area contributed by atoms with Crippen LogP contribution in [0.3, 0.4) is 0 Å². The number of primary amides is 1. The molecule has 24 heavy (non-hydrogen) atoms. The molecule has 1 aromatic carbocycles. The molecule has 10 nitrogen and oxygen atoms in total. The quantitative estimate of drug-likeness (QED) is 0.469. The van der Waals surface area contributed by atoms with Gasteiger partial charge in [-0.3, -0.25) is 10.1 Å². The van der Waals surface area contributed by atoms with E-state index in [1.54, 1.807) is 18.2 Å². The fourth-order valence-electron chi connectivity index (χ4n) is 1.67. The van der Waals surface area contributed by atoms with Gasteiger partial charge >= 0.3 is 6.03 Å². The molecule has 0 fully saturated rings. The van der Waals surface area contributed by atoms with Gasteiger partial charge in [0.25, 0.3) is 5.69 Å². The molecule has 0 aliphatic rings. The Balaban J connectivity index is 2.16. The number of nitrogens with zero attached hydrogens (tertiary/aromatic N) is 3. The first kappa shape index (κ1) is 16.7. The highest BCUT2D eigenvalue weighted by Crippen LogP contribution is 2.31. The summed E-state index contributed by atoms with van der Waals surface area (Å²) in [5.74, 6) is 0.924. The minimum absolute atomic E-state index is 0.136. The number of methoxy groups -OCH3 is 1. The third-order valence-electron chi connectivity index (χ3n) is 2.72. The standard InChI is InChI=1S/C14H13N5O5/c1-23-12-6-9(7-17-18-14(15)20)2-4-11(12)24-13-5-3-10(8-16-13)19(21)22/h2-8H,1H3,(H3,15,18,20)/b17-7-. The third-order valence-corrected chi connectivity index (χ3v) is 2.72. The number of carbonyl (C=O) groups is 1. The summed E-state index contributed by atoms with van der Waals surface area (Å²) in [5.41, 5.74) is 7.46. The first-order valence-corrected chi connectivity index (χ1v) is 6.54. The molecule has 10 heteroatoms. The van der Waals surface area contributed by atoms with Crippen LogP contribution in [0.15, 0.2) is 41.6 Å². The van der Waals surface area contributed by atoms with Crippen LogP contribution in [-0.4, -0.2) is 29.3 Å². The highest BCUT2D eigenvalue weighted by Gasteiger charge is 2.10. The zero-order chi connectivity index (χ0) is 17.5. The van der Waals surface area contributed by atoms with Gasteiger partial charge < -0.3 is 15.2 Å². The molecule has 1 aromatic heterocycles. The van der Waals surface area contributed by atoms with Crippen molar-refractivity contribution in [2.24, 2.45) is 10.8 Å². The van der Waals surface area contributed by atoms with Gasteiger partial charge in [-0.25, -0.2) is 15.2 Å². The lowest BCUT2D eigenvalue weighted by Gasteiger charge is -2.10. The SMILES string of the molecule is COc1cc(/C=N\NC(N)=O)ccc1Oc1ccc([N+](=O)[O-])cn1. The molecule has 3 N–H and O–H groups in total. The maximum absolute atomic E-state index is 10.6. The first-order chi connectivity index (χ1) is 11.5. The maximum atomic E-state index is 10.6. The largest absolute Gasteiger partial charge is 0.493 e. The van der Waals surface area contributed by atoms with Gasteiger partial charge in [-0.05, 0) is 23.8 Å². The molecular formula is C14H13N5O5. The van der Waals surface area contributed by atoms with Crippen LogP contribution in [0.25, 0.3) is 0 Å². The van der Waals surface area contributed by atoms with Gasteiger partial charge in [0, 0.05) is 12.1 Å². The molecule has 2 aromatic rings. The number of hydrogen-bond donors (Lipinski definition) is 2. The number of hydrazone groups is 1. The molecule has 124 valence electrons. The second-order valence-electron chi connectivity index (χ2n) is 4.36. The van der Waals surface area contributed by atoms with Gasteiger partial charge in [0.1, 0.15) is 6.20 Å². The van der Waals surface area contributed by atoms with E-state index in [1.165, 1.54) is 25.5 Å². The maximum Gasteiger partial charge on any atom is 0.332 e. The number of nitrogens with one attached hydrogen (secondary N) is 1. The van der Waals surface area contributed by atoms with Crippen molar-refractivity contribution in [3.63, 3.8) is 0 Å². The Labute approximate surface area is 136 Å². The zero-order valence-corrected chi connectivity index (χ0v) is 12.5. The van der Waals surface area contributed by atoms with Crippen molar-refractivity contribution in [1.29, 1.82) is 0 Å². The topological polar surface area (TPSA) is 142 Å². The monoisotopic (exact) mass is 331 g/mol. The Morgan fingerprint density at radius 2 is 2.17 bits per heavy atom. The van der Waals surface area contributed by atoms with Crippen LogP contribution in [0.2, 0.25) is 0 Å². The average Bonchev–Trinajstić information content (AvgIpc) is 2.56. The Morgan fingerprint density at radius 3 is 2.75 bits per heavy atom. The van der Waals surface area contributed by atoms with Crippen molar-refractivity contribution in [2.75, 3.05) is 7.11 Å². The van der Waals surface area contributed by atoms with Crippen molar-refractivity contribution in [2.45, 2.75) is 0 Å². The minimum Gasteiger partial charge on any atom is -0.493 e. The summed E-state index contributed by atoms with van der Waals surface area (Å²) in [5, 5.41) is 14.2. The number of aromatic nitrogens is 1. The predicted octanol–water partition coefficient (Wildman–Crippen LogP) is 1.79. The smallest absolute Gasteiger partial charge is 0.332 e. The Hall–Kier alpha value is -3.69. The normalized spacial score (nSPS) is 10.4. The molecule has 1 heterocycles. The number of pyridine rings is 1. The Kier molecular flexibility index (Phi) is 5.24. The van der Waals surface area contributed by atoms with Crippen molar-refractivity contribution in [3.8, 4) is 17.4 Å². The van der Waals surface area contributed by atoms with E-state index in [2.05, 4.69) is 15.5 Å². The number of ether oxygens (including phenoxy) is 2.